The number of fused-ring (bicyclic) bond motifs is 1. The molecule has 2 amide bonds. The van der Waals surface area contributed by atoms with E-state index in [4.69, 9.17) is 0 Å². The van der Waals surface area contributed by atoms with Gasteiger partial charge in [-0.3, -0.25) is 9.59 Å². The first kappa shape index (κ1) is 20.3. The Hall–Kier alpha value is -2.94. The predicted octanol–water partition coefficient (Wildman–Crippen LogP) is 2.57. The third kappa shape index (κ3) is 3.77. The largest absolute Gasteiger partial charge is 0.358 e. The van der Waals surface area contributed by atoms with E-state index < -0.39 is 15.7 Å². The van der Waals surface area contributed by atoms with E-state index in [2.05, 4.69) is 15.6 Å². The number of carbonyl (C=O) groups excluding carboxylic acids is 2. The van der Waals surface area contributed by atoms with Crippen LogP contribution in [-0.2, 0) is 14.6 Å². The number of benzene rings is 1. The second-order valence-corrected chi connectivity index (χ2v) is 10.1. The van der Waals surface area contributed by atoms with Crippen LogP contribution in [0, 0.1) is 19.7 Å². The lowest BCUT2D eigenvalue weighted by Gasteiger charge is -2.23. The lowest BCUT2D eigenvalue weighted by atomic mass is 10.0. The van der Waals surface area contributed by atoms with E-state index >= 15 is 0 Å². The molecule has 1 fully saturated rings. The summed E-state index contributed by atoms with van der Waals surface area (Å²) in [5, 5.41) is 5.62. The van der Waals surface area contributed by atoms with E-state index in [1.165, 1.54) is 18.2 Å². The summed E-state index contributed by atoms with van der Waals surface area (Å²) < 4.78 is 36.8. The molecule has 1 saturated heterocycles. The lowest BCUT2D eigenvalue weighted by molar-refractivity contribution is -0.110. The summed E-state index contributed by atoms with van der Waals surface area (Å²) in [5.74, 6) is -0.906. The monoisotopic (exact) mass is 431 g/mol. The van der Waals surface area contributed by atoms with Crippen molar-refractivity contribution in [2.24, 2.45) is 0 Å². The Morgan fingerprint density at radius 1 is 1.23 bits per heavy atom. The lowest BCUT2D eigenvalue weighted by Crippen LogP contribution is -2.41. The summed E-state index contributed by atoms with van der Waals surface area (Å²) in [5.41, 5.74) is 3.69. The Bertz CT molecular complexity index is 1180. The number of hydrogen-bond donors (Lipinski definition) is 3. The molecular weight excluding hydrogens is 409 g/mol. The minimum atomic E-state index is -3.00. The summed E-state index contributed by atoms with van der Waals surface area (Å²) >= 11 is 0. The van der Waals surface area contributed by atoms with Crippen molar-refractivity contribution in [1.82, 2.24) is 10.3 Å². The highest BCUT2D eigenvalue weighted by Gasteiger charge is 2.28. The summed E-state index contributed by atoms with van der Waals surface area (Å²) in [6.07, 6.45) is 2.42. The molecule has 1 aromatic carbocycles. The first-order chi connectivity index (χ1) is 14.1. The van der Waals surface area contributed by atoms with Crippen molar-refractivity contribution in [1.29, 1.82) is 0 Å². The smallest absolute Gasteiger partial charge is 0.256 e. The number of anilines is 1. The van der Waals surface area contributed by atoms with Gasteiger partial charge in [0.15, 0.2) is 0 Å². The van der Waals surface area contributed by atoms with Crippen molar-refractivity contribution >= 4 is 39.0 Å². The van der Waals surface area contributed by atoms with Gasteiger partial charge in [0.2, 0.25) is 0 Å². The highest BCUT2D eigenvalue weighted by molar-refractivity contribution is 7.91. The standard InChI is InChI=1S/C21H22FN3O4S/c1-11-18(10-16-15-9-13(22)3-4-17(15)25-20(16)26)23-12(2)19(11)21(27)24-14-5-7-30(28,29)8-6-14/h3-4,9-10,14,23H,5-8H2,1-2H3,(H,24,27)(H,25,26)/b16-10-. The Kier molecular flexibility index (Phi) is 5.01. The molecular formula is C21H22FN3O4S. The van der Waals surface area contributed by atoms with Crippen molar-refractivity contribution in [3.05, 3.63) is 52.1 Å². The van der Waals surface area contributed by atoms with Gasteiger partial charge >= 0.3 is 0 Å². The van der Waals surface area contributed by atoms with Crippen molar-refractivity contribution in [2.45, 2.75) is 32.7 Å². The second kappa shape index (κ2) is 7.39. The number of hydrogen-bond acceptors (Lipinski definition) is 4. The van der Waals surface area contributed by atoms with E-state index in [1.807, 2.05) is 0 Å². The molecule has 0 spiro atoms. The van der Waals surface area contributed by atoms with Gasteiger partial charge in [0.1, 0.15) is 15.7 Å². The van der Waals surface area contributed by atoms with E-state index in [1.54, 1.807) is 19.9 Å². The molecule has 0 bridgehead atoms. The van der Waals surface area contributed by atoms with Crippen LogP contribution < -0.4 is 10.6 Å². The van der Waals surface area contributed by atoms with Crippen LogP contribution in [0.4, 0.5) is 10.1 Å². The number of H-pyrrole nitrogens is 1. The molecule has 7 nitrogen and oxygen atoms in total. The van der Waals surface area contributed by atoms with Crippen LogP contribution in [0.5, 0.6) is 0 Å². The molecule has 4 rings (SSSR count). The Balaban J connectivity index is 1.60. The van der Waals surface area contributed by atoms with Crippen LogP contribution in [0.3, 0.4) is 0 Å². The summed E-state index contributed by atoms with van der Waals surface area (Å²) in [4.78, 5) is 28.3. The molecule has 158 valence electrons. The van der Waals surface area contributed by atoms with E-state index in [-0.39, 0.29) is 29.4 Å². The molecule has 0 saturated carbocycles. The minimum absolute atomic E-state index is 0.0749. The average Bonchev–Trinajstić information content (AvgIpc) is 3.13. The number of aryl methyl sites for hydroxylation is 1. The minimum Gasteiger partial charge on any atom is -0.358 e. The zero-order chi connectivity index (χ0) is 21.6. The number of sulfone groups is 1. The maximum Gasteiger partial charge on any atom is 0.256 e. The van der Waals surface area contributed by atoms with Crippen LogP contribution >= 0.6 is 0 Å². The van der Waals surface area contributed by atoms with E-state index in [9.17, 15) is 22.4 Å². The summed E-state index contributed by atoms with van der Waals surface area (Å²) in [6, 6.07) is 3.91. The molecule has 2 aliphatic heterocycles. The third-order valence-corrected chi connectivity index (χ3v) is 7.36. The first-order valence-corrected chi connectivity index (χ1v) is 11.5. The number of aromatic amines is 1. The van der Waals surface area contributed by atoms with Crippen LogP contribution in [0.25, 0.3) is 11.6 Å². The molecule has 0 aliphatic carbocycles. The Labute approximate surface area is 173 Å². The third-order valence-electron chi connectivity index (χ3n) is 5.65. The van der Waals surface area contributed by atoms with Gasteiger partial charge in [0.05, 0.1) is 22.6 Å². The highest BCUT2D eigenvalue weighted by atomic mass is 32.2. The van der Waals surface area contributed by atoms with Gasteiger partial charge in [-0.05, 0) is 56.5 Å². The van der Waals surface area contributed by atoms with Gasteiger partial charge in [0, 0.05) is 28.7 Å². The molecule has 0 radical (unpaired) electrons. The van der Waals surface area contributed by atoms with Gasteiger partial charge in [-0.1, -0.05) is 0 Å². The number of aromatic nitrogens is 1. The molecule has 2 aliphatic rings. The van der Waals surface area contributed by atoms with Crippen molar-refractivity contribution < 1.29 is 22.4 Å². The molecule has 2 aromatic rings. The Morgan fingerprint density at radius 3 is 2.63 bits per heavy atom. The molecule has 0 atom stereocenters. The maximum atomic E-state index is 13.7. The fraction of sp³-hybridized carbons (Fsp3) is 0.333. The van der Waals surface area contributed by atoms with Crippen molar-refractivity contribution in [3.63, 3.8) is 0 Å². The van der Waals surface area contributed by atoms with Gasteiger partial charge in [0.25, 0.3) is 11.8 Å². The van der Waals surface area contributed by atoms with Crippen LogP contribution in [-0.4, -0.2) is 42.8 Å². The van der Waals surface area contributed by atoms with Crippen molar-refractivity contribution in [2.75, 3.05) is 16.8 Å². The SMILES string of the molecule is Cc1[nH]c(/C=C2\C(=O)Nc3ccc(F)cc32)c(C)c1C(=O)NC1CCS(=O)(=O)CC1. The molecule has 30 heavy (non-hydrogen) atoms. The fourth-order valence-corrected chi connectivity index (χ4v) is 5.49. The molecule has 3 N–H and O–H groups in total. The van der Waals surface area contributed by atoms with Gasteiger partial charge in [-0.2, -0.15) is 0 Å². The molecule has 1 aromatic heterocycles. The fourth-order valence-electron chi connectivity index (χ4n) is 4.00. The molecule has 9 heteroatoms. The predicted molar refractivity (Wildman–Crippen MR) is 112 cm³/mol. The van der Waals surface area contributed by atoms with Gasteiger partial charge in [-0.15, -0.1) is 0 Å². The normalized spacial score (nSPS) is 19.6. The van der Waals surface area contributed by atoms with E-state index in [0.717, 1.165) is 0 Å². The topological polar surface area (TPSA) is 108 Å². The quantitative estimate of drug-likeness (QED) is 0.649. The van der Waals surface area contributed by atoms with Crippen LogP contribution in [0.1, 0.15) is 45.7 Å². The van der Waals surface area contributed by atoms with Crippen LogP contribution in [0.15, 0.2) is 18.2 Å². The zero-order valence-electron chi connectivity index (χ0n) is 16.6. The van der Waals surface area contributed by atoms with E-state index in [0.29, 0.717) is 52.2 Å². The summed E-state index contributed by atoms with van der Waals surface area (Å²) in [7, 11) is -3.00. The highest BCUT2D eigenvalue weighted by Crippen LogP contribution is 2.34. The second-order valence-electron chi connectivity index (χ2n) is 7.77. The molecule has 0 unspecified atom stereocenters. The molecule has 3 heterocycles. The Morgan fingerprint density at radius 2 is 1.93 bits per heavy atom. The van der Waals surface area contributed by atoms with Crippen LogP contribution in [0.2, 0.25) is 0 Å². The average molecular weight is 431 g/mol. The number of nitrogens with one attached hydrogen (secondary N) is 3. The number of halogens is 1. The van der Waals surface area contributed by atoms with Gasteiger partial charge < -0.3 is 15.6 Å². The number of rotatable bonds is 3. The number of amides is 2. The summed E-state index contributed by atoms with van der Waals surface area (Å²) in [6.45, 7) is 3.53. The first-order valence-electron chi connectivity index (χ1n) is 9.68. The van der Waals surface area contributed by atoms with Gasteiger partial charge in [-0.25, -0.2) is 12.8 Å². The maximum absolute atomic E-state index is 13.7. The van der Waals surface area contributed by atoms with Crippen molar-refractivity contribution in [3.8, 4) is 0 Å². The zero-order valence-corrected chi connectivity index (χ0v) is 17.5. The number of carbonyl (C=O) groups is 2.